The minimum Gasteiger partial charge on any atom is -0.379 e. The highest BCUT2D eigenvalue weighted by Crippen LogP contribution is 2.54. The lowest BCUT2D eigenvalue weighted by molar-refractivity contribution is -0.119. The van der Waals surface area contributed by atoms with Gasteiger partial charge >= 0.3 is 10.1 Å². The van der Waals surface area contributed by atoms with Crippen LogP contribution in [-0.2, 0) is 19.7 Å². The molecule has 206 valence electrons. The first-order chi connectivity index (χ1) is 18.3. The van der Waals surface area contributed by atoms with Gasteiger partial charge in [-0.2, -0.15) is 8.42 Å². The van der Waals surface area contributed by atoms with E-state index in [0.29, 0.717) is 12.8 Å². The lowest BCUT2D eigenvalue weighted by atomic mass is 9.63. The number of hydrogen-bond acceptors (Lipinski definition) is 6. The summed E-state index contributed by atoms with van der Waals surface area (Å²) in [6.07, 6.45) is 3.31. The number of rotatable bonds is 6. The number of Topliss-reactive ketones (excluding diaryl/α,β-unsaturated/α-hetero) is 2. The van der Waals surface area contributed by atoms with Gasteiger partial charge in [0.25, 0.3) is 0 Å². The maximum absolute atomic E-state index is 13.8. The van der Waals surface area contributed by atoms with Gasteiger partial charge in [-0.25, -0.2) is 0 Å². The fourth-order valence-corrected chi connectivity index (χ4v) is 7.30. The van der Waals surface area contributed by atoms with E-state index < -0.39 is 16.0 Å². The van der Waals surface area contributed by atoms with Gasteiger partial charge < -0.3 is 9.08 Å². The first-order valence-electron chi connectivity index (χ1n) is 13.7. The second kappa shape index (κ2) is 9.77. The van der Waals surface area contributed by atoms with Crippen molar-refractivity contribution in [3.8, 4) is 5.75 Å². The fraction of sp³-hybridized carbons (Fsp3) is 0.438. The molecular formula is C32H37NO5S. The van der Waals surface area contributed by atoms with Crippen molar-refractivity contribution >= 4 is 21.7 Å². The minimum absolute atomic E-state index is 0.0767. The number of hydrogen-bond donors (Lipinski definition) is 0. The highest BCUT2D eigenvalue weighted by atomic mass is 32.2. The molecule has 3 aliphatic rings. The molecule has 0 fully saturated rings. The van der Waals surface area contributed by atoms with Crippen LogP contribution in [0.2, 0.25) is 0 Å². The summed E-state index contributed by atoms with van der Waals surface area (Å²) in [4.78, 5) is 29.9. The molecule has 0 N–H and O–H groups in total. The first kappa shape index (κ1) is 27.4. The topological polar surface area (TPSA) is 80.8 Å². The van der Waals surface area contributed by atoms with Crippen LogP contribution < -0.4 is 4.18 Å². The quantitative estimate of drug-likeness (QED) is 0.382. The Labute approximate surface area is 231 Å². The normalized spacial score (nSPS) is 21.1. The third-order valence-corrected chi connectivity index (χ3v) is 9.18. The van der Waals surface area contributed by atoms with Gasteiger partial charge in [-0.1, -0.05) is 65.0 Å². The van der Waals surface area contributed by atoms with Crippen LogP contribution in [0.15, 0.2) is 82.0 Å². The van der Waals surface area contributed by atoms with Crippen LogP contribution in [0.1, 0.15) is 78.2 Å². The zero-order valence-electron chi connectivity index (χ0n) is 23.4. The van der Waals surface area contributed by atoms with Crippen LogP contribution >= 0.6 is 0 Å². The standard InChI is InChI=1S/C32H37NO5S/c1-6-16-33-24-17-31(2,3)19-26(34)29(24)28(30-25(33)18-32(4,5)20-27(30)35)21-12-14-22(15-13-21)38-39(36,37)23-10-8-7-9-11-23/h7-15,28H,6,16-20H2,1-5H3. The van der Waals surface area contributed by atoms with Crippen molar-refractivity contribution in [1.82, 2.24) is 4.90 Å². The smallest absolute Gasteiger partial charge is 0.339 e. The molecule has 0 unspecified atom stereocenters. The number of allylic oxidation sites excluding steroid dienone is 4. The Morgan fingerprint density at radius 3 is 1.79 bits per heavy atom. The van der Waals surface area contributed by atoms with E-state index in [2.05, 4.69) is 39.5 Å². The summed E-state index contributed by atoms with van der Waals surface area (Å²) in [5.74, 6) is -0.108. The van der Waals surface area contributed by atoms with E-state index in [1.807, 2.05) is 0 Å². The van der Waals surface area contributed by atoms with Crippen LogP contribution in [0.3, 0.4) is 0 Å². The molecule has 0 amide bonds. The van der Waals surface area contributed by atoms with Gasteiger partial charge in [-0.05, 0) is 59.9 Å². The molecule has 2 aliphatic carbocycles. The highest BCUT2D eigenvalue weighted by molar-refractivity contribution is 7.87. The van der Waals surface area contributed by atoms with E-state index in [4.69, 9.17) is 4.18 Å². The second-order valence-electron chi connectivity index (χ2n) is 12.6. The van der Waals surface area contributed by atoms with E-state index in [0.717, 1.165) is 53.9 Å². The predicted octanol–water partition coefficient (Wildman–Crippen LogP) is 6.55. The minimum atomic E-state index is -3.98. The molecule has 0 bridgehead atoms. The Morgan fingerprint density at radius 1 is 0.795 bits per heavy atom. The molecule has 2 aromatic rings. The van der Waals surface area contributed by atoms with Gasteiger partial charge in [0, 0.05) is 47.8 Å². The van der Waals surface area contributed by atoms with Crippen molar-refractivity contribution in [3.63, 3.8) is 0 Å². The van der Waals surface area contributed by atoms with Gasteiger partial charge in [-0.15, -0.1) is 0 Å². The maximum Gasteiger partial charge on any atom is 0.339 e. The van der Waals surface area contributed by atoms with Crippen molar-refractivity contribution in [1.29, 1.82) is 0 Å². The van der Waals surface area contributed by atoms with Gasteiger partial charge in [0.05, 0.1) is 0 Å². The summed E-state index contributed by atoms with van der Waals surface area (Å²) < 4.78 is 30.9. The lowest BCUT2D eigenvalue weighted by Gasteiger charge is -2.49. The summed E-state index contributed by atoms with van der Waals surface area (Å²) in [6, 6.07) is 14.8. The maximum atomic E-state index is 13.8. The third-order valence-electron chi connectivity index (χ3n) is 7.92. The van der Waals surface area contributed by atoms with Gasteiger partial charge in [0.2, 0.25) is 0 Å². The Bertz CT molecular complexity index is 1430. The molecule has 1 aliphatic heterocycles. The van der Waals surface area contributed by atoms with Crippen LogP contribution in [-0.4, -0.2) is 31.4 Å². The van der Waals surface area contributed by atoms with Crippen molar-refractivity contribution in [3.05, 3.63) is 82.7 Å². The molecule has 1 heterocycles. The number of ketones is 2. The molecular weight excluding hydrogens is 510 g/mol. The molecule has 5 rings (SSSR count). The van der Waals surface area contributed by atoms with Gasteiger partial charge in [0.15, 0.2) is 11.6 Å². The number of carbonyl (C=O) groups excluding carboxylic acids is 2. The number of carbonyl (C=O) groups is 2. The van der Waals surface area contributed by atoms with E-state index in [1.54, 1.807) is 42.5 Å². The van der Waals surface area contributed by atoms with E-state index in [-0.39, 0.29) is 33.0 Å². The largest absolute Gasteiger partial charge is 0.379 e. The predicted molar refractivity (Wildman–Crippen MR) is 151 cm³/mol. The van der Waals surface area contributed by atoms with Crippen LogP contribution in [0.5, 0.6) is 5.75 Å². The van der Waals surface area contributed by atoms with E-state index >= 15 is 0 Å². The number of nitrogens with zero attached hydrogens (tertiary/aromatic N) is 1. The average molecular weight is 548 g/mol. The first-order valence-corrected chi connectivity index (χ1v) is 15.1. The molecule has 0 saturated carbocycles. The summed E-state index contributed by atoms with van der Waals surface area (Å²) in [7, 11) is -3.98. The fourth-order valence-electron chi connectivity index (χ4n) is 6.35. The molecule has 7 heteroatoms. The Hall–Kier alpha value is -3.19. The zero-order valence-corrected chi connectivity index (χ0v) is 24.2. The van der Waals surface area contributed by atoms with Crippen molar-refractivity contribution in [2.75, 3.05) is 6.54 Å². The molecule has 6 nitrogen and oxygen atoms in total. The van der Waals surface area contributed by atoms with Gasteiger partial charge in [0.1, 0.15) is 10.6 Å². The molecule has 39 heavy (non-hydrogen) atoms. The Balaban J connectivity index is 1.60. The Kier molecular flexibility index (Phi) is 6.86. The summed E-state index contributed by atoms with van der Waals surface area (Å²) in [5.41, 5.74) is 4.00. The lowest BCUT2D eigenvalue weighted by Crippen LogP contribution is -2.44. The second-order valence-corrected chi connectivity index (χ2v) is 14.2. The molecule has 0 radical (unpaired) electrons. The third kappa shape index (κ3) is 5.21. The van der Waals surface area contributed by atoms with Crippen molar-refractivity contribution in [2.45, 2.75) is 77.5 Å². The average Bonchev–Trinajstić information content (AvgIpc) is 2.84. The van der Waals surface area contributed by atoms with Crippen molar-refractivity contribution in [2.24, 2.45) is 10.8 Å². The van der Waals surface area contributed by atoms with Crippen LogP contribution in [0, 0.1) is 10.8 Å². The van der Waals surface area contributed by atoms with E-state index in [1.165, 1.54) is 12.1 Å². The molecule has 0 spiro atoms. The monoisotopic (exact) mass is 547 g/mol. The summed E-state index contributed by atoms with van der Waals surface area (Å²) >= 11 is 0. The Morgan fingerprint density at radius 2 is 1.31 bits per heavy atom. The molecule has 0 atom stereocenters. The van der Waals surface area contributed by atoms with Gasteiger partial charge in [-0.3, -0.25) is 9.59 Å². The summed E-state index contributed by atoms with van der Waals surface area (Å²) in [6.45, 7) is 11.4. The highest BCUT2D eigenvalue weighted by Gasteiger charge is 2.48. The van der Waals surface area contributed by atoms with Crippen LogP contribution in [0.4, 0.5) is 0 Å². The molecule has 0 aromatic heterocycles. The molecule has 2 aromatic carbocycles. The van der Waals surface area contributed by atoms with Crippen molar-refractivity contribution < 1.29 is 22.2 Å². The van der Waals surface area contributed by atoms with Crippen LogP contribution in [0.25, 0.3) is 0 Å². The summed E-state index contributed by atoms with van der Waals surface area (Å²) in [5, 5.41) is 0. The zero-order chi connectivity index (χ0) is 28.2. The van der Waals surface area contributed by atoms with E-state index in [9.17, 15) is 18.0 Å². The number of benzene rings is 2. The SMILES string of the molecule is CCCN1C2=C(C(=O)CC(C)(C)C2)C(c2ccc(OS(=O)(=O)c3ccccc3)cc2)C2=C1CC(C)(C)CC2=O. The molecule has 0 saturated heterocycles.